The molecule has 1 saturated carbocycles. The molecule has 0 atom stereocenters. The Kier molecular flexibility index (Phi) is 5.06. The lowest BCUT2D eigenvalue weighted by Gasteiger charge is -2.33. The van der Waals surface area contributed by atoms with Crippen LogP contribution in [0.2, 0.25) is 0 Å². The second kappa shape index (κ2) is 7.27. The molecule has 7 heteroatoms. The number of nitrogens with one attached hydrogen (secondary N) is 1. The first-order valence-electron chi connectivity index (χ1n) is 8.75. The third-order valence-electron chi connectivity index (χ3n) is 5.06. The van der Waals surface area contributed by atoms with Crippen LogP contribution in [-0.4, -0.2) is 33.3 Å². The van der Waals surface area contributed by atoms with Gasteiger partial charge in [-0.2, -0.15) is 5.10 Å². The molecule has 2 N–H and O–H groups in total. The van der Waals surface area contributed by atoms with Gasteiger partial charge in [0.15, 0.2) is 5.69 Å². The fraction of sp³-hybridized carbons (Fsp3) is 0.421. The molecule has 1 aromatic carbocycles. The molecule has 0 bridgehead atoms. The summed E-state index contributed by atoms with van der Waals surface area (Å²) in [6.07, 6.45) is 5.60. The Morgan fingerprint density at radius 3 is 2.50 bits per heavy atom. The molecule has 0 unspecified atom stereocenters. The Balaban J connectivity index is 1.74. The van der Waals surface area contributed by atoms with Crippen LogP contribution in [0.4, 0.5) is 4.39 Å². The molecule has 3 rings (SSSR count). The zero-order chi connectivity index (χ0) is 18.7. The summed E-state index contributed by atoms with van der Waals surface area (Å²) in [5.74, 6) is -1.59. The number of carbonyl (C=O) groups is 2. The highest BCUT2D eigenvalue weighted by Gasteiger charge is 2.40. The highest BCUT2D eigenvalue weighted by Crippen LogP contribution is 2.36. The first-order valence-corrected chi connectivity index (χ1v) is 8.75. The average Bonchev–Trinajstić information content (AvgIpc) is 3.03. The normalized spacial score (nSPS) is 16.2. The molecule has 0 saturated heterocycles. The summed E-state index contributed by atoms with van der Waals surface area (Å²) in [5, 5.41) is 16.6. The number of amides is 1. The summed E-state index contributed by atoms with van der Waals surface area (Å²) in [4.78, 5) is 24.2. The van der Waals surface area contributed by atoms with Gasteiger partial charge in [0.1, 0.15) is 5.82 Å². The van der Waals surface area contributed by atoms with E-state index in [1.54, 1.807) is 25.3 Å². The molecule has 0 spiro atoms. The van der Waals surface area contributed by atoms with Gasteiger partial charge in [0, 0.05) is 18.3 Å². The molecule has 1 heterocycles. The number of aryl methyl sites for hydroxylation is 1. The van der Waals surface area contributed by atoms with Crippen molar-refractivity contribution in [1.82, 2.24) is 15.1 Å². The van der Waals surface area contributed by atoms with Crippen LogP contribution in [0.25, 0.3) is 5.69 Å². The minimum atomic E-state index is -0.888. The SMILES string of the molecule is Cc1cn(-c2ccc(F)cc2)nc1C(=O)NCC1(C(=O)O)CCCCC1. The fourth-order valence-electron chi connectivity index (χ4n) is 3.44. The third-order valence-corrected chi connectivity index (χ3v) is 5.06. The van der Waals surface area contributed by atoms with Gasteiger partial charge in [-0.05, 0) is 44.0 Å². The Hall–Kier alpha value is -2.70. The van der Waals surface area contributed by atoms with Gasteiger partial charge in [0.25, 0.3) is 5.91 Å². The minimum absolute atomic E-state index is 0.101. The lowest BCUT2D eigenvalue weighted by molar-refractivity contribution is -0.150. The van der Waals surface area contributed by atoms with Crippen LogP contribution in [0.5, 0.6) is 0 Å². The number of hydrogen-bond acceptors (Lipinski definition) is 3. The number of nitrogens with zero attached hydrogens (tertiary/aromatic N) is 2. The second-order valence-electron chi connectivity index (χ2n) is 6.91. The Bertz CT molecular complexity index is 808. The van der Waals surface area contributed by atoms with Gasteiger partial charge < -0.3 is 10.4 Å². The Labute approximate surface area is 151 Å². The van der Waals surface area contributed by atoms with E-state index >= 15 is 0 Å². The number of rotatable bonds is 5. The summed E-state index contributed by atoms with van der Waals surface area (Å²) < 4.78 is 14.6. The topological polar surface area (TPSA) is 84.2 Å². The van der Waals surface area contributed by atoms with Gasteiger partial charge >= 0.3 is 5.97 Å². The van der Waals surface area contributed by atoms with Gasteiger partial charge in [-0.15, -0.1) is 0 Å². The van der Waals surface area contributed by atoms with Crippen molar-refractivity contribution in [3.63, 3.8) is 0 Å². The molecule has 0 radical (unpaired) electrons. The first kappa shape index (κ1) is 18.1. The molecule has 0 aliphatic heterocycles. The van der Waals surface area contributed by atoms with Crippen molar-refractivity contribution in [3.8, 4) is 5.69 Å². The van der Waals surface area contributed by atoms with E-state index < -0.39 is 17.3 Å². The zero-order valence-electron chi connectivity index (χ0n) is 14.7. The summed E-state index contributed by atoms with van der Waals surface area (Å²) in [6.45, 7) is 1.86. The van der Waals surface area contributed by atoms with E-state index in [1.165, 1.54) is 16.8 Å². The molecular formula is C19H22FN3O3. The summed E-state index contributed by atoms with van der Waals surface area (Å²) in [5.41, 5.74) is 0.662. The molecule has 138 valence electrons. The van der Waals surface area contributed by atoms with E-state index in [1.807, 2.05) is 0 Å². The summed E-state index contributed by atoms with van der Waals surface area (Å²) in [7, 11) is 0. The maximum Gasteiger partial charge on any atom is 0.311 e. The fourth-order valence-corrected chi connectivity index (χ4v) is 3.44. The molecule has 1 aromatic heterocycles. The van der Waals surface area contributed by atoms with Crippen LogP contribution in [0.3, 0.4) is 0 Å². The van der Waals surface area contributed by atoms with Crippen molar-refractivity contribution in [1.29, 1.82) is 0 Å². The van der Waals surface area contributed by atoms with Crippen LogP contribution in [0, 0.1) is 18.2 Å². The maximum absolute atomic E-state index is 13.1. The number of benzene rings is 1. The number of carbonyl (C=O) groups excluding carboxylic acids is 1. The number of aliphatic carboxylic acids is 1. The standard InChI is InChI=1S/C19H22FN3O3/c1-13-11-23(15-7-5-14(20)6-8-15)22-16(13)17(24)21-12-19(18(25)26)9-3-2-4-10-19/h5-8,11H,2-4,9-10,12H2,1H3,(H,21,24)(H,25,26). The second-order valence-corrected chi connectivity index (χ2v) is 6.91. The minimum Gasteiger partial charge on any atom is -0.481 e. The predicted octanol–water partition coefficient (Wildman–Crippen LogP) is 3.08. The number of carboxylic acid groups (broad SMARTS) is 1. The predicted molar refractivity (Wildman–Crippen MR) is 93.7 cm³/mol. The molecule has 26 heavy (non-hydrogen) atoms. The van der Waals surface area contributed by atoms with Crippen molar-refractivity contribution >= 4 is 11.9 Å². The van der Waals surface area contributed by atoms with Crippen molar-refractivity contribution in [2.45, 2.75) is 39.0 Å². The summed E-state index contributed by atoms with van der Waals surface area (Å²) in [6, 6.07) is 5.80. The Morgan fingerprint density at radius 2 is 1.88 bits per heavy atom. The lowest BCUT2D eigenvalue weighted by Crippen LogP contribution is -2.44. The molecular weight excluding hydrogens is 337 g/mol. The van der Waals surface area contributed by atoms with Crippen molar-refractivity contribution in [2.24, 2.45) is 5.41 Å². The van der Waals surface area contributed by atoms with Gasteiger partial charge in [-0.1, -0.05) is 19.3 Å². The number of carboxylic acids is 1. The van der Waals surface area contributed by atoms with Gasteiger partial charge in [0.05, 0.1) is 11.1 Å². The molecule has 1 aliphatic rings. The van der Waals surface area contributed by atoms with Crippen molar-refractivity contribution in [2.75, 3.05) is 6.54 Å². The molecule has 1 fully saturated rings. The monoisotopic (exact) mass is 359 g/mol. The number of halogens is 1. The smallest absolute Gasteiger partial charge is 0.311 e. The van der Waals surface area contributed by atoms with E-state index in [9.17, 15) is 19.1 Å². The van der Waals surface area contributed by atoms with Crippen molar-refractivity contribution < 1.29 is 19.1 Å². The zero-order valence-corrected chi connectivity index (χ0v) is 14.7. The molecule has 2 aromatic rings. The van der Waals surface area contributed by atoms with Crippen molar-refractivity contribution in [3.05, 3.63) is 47.5 Å². The maximum atomic E-state index is 13.1. The highest BCUT2D eigenvalue weighted by molar-refractivity contribution is 5.94. The van der Waals surface area contributed by atoms with Gasteiger partial charge in [-0.3, -0.25) is 9.59 Å². The lowest BCUT2D eigenvalue weighted by atomic mass is 9.74. The average molecular weight is 359 g/mol. The first-order chi connectivity index (χ1) is 12.4. The number of aromatic nitrogens is 2. The van der Waals surface area contributed by atoms with E-state index in [2.05, 4.69) is 10.4 Å². The third kappa shape index (κ3) is 3.61. The van der Waals surface area contributed by atoms with E-state index in [0.717, 1.165) is 19.3 Å². The van der Waals surface area contributed by atoms with E-state index in [0.29, 0.717) is 24.1 Å². The largest absolute Gasteiger partial charge is 0.481 e. The molecule has 1 amide bonds. The molecule has 6 nitrogen and oxygen atoms in total. The van der Waals surface area contributed by atoms with Gasteiger partial charge in [0.2, 0.25) is 0 Å². The highest BCUT2D eigenvalue weighted by atomic mass is 19.1. The van der Waals surface area contributed by atoms with Crippen LogP contribution in [0.15, 0.2) is 30.5 Å². The van der Waals surface area contributed by atoms with E-state index in [4.69, 9.17) is 0 Å². The van der Waals surface area contributed by atoms with E-state index in [-0.39, 0.29) is 18.1 Å². The van der Waals surface area contributed by atoms with Gasteiger partial charge in [-0.25, -0.2) is 9.07 Å². The summed E-state index contributed by atoms with van der Waals surface area (Å²) >= 11 is 0. The Morgan fingerprint density at radius 1 is 1.23 bits per heavy atom. The van der Waals surface area contributed by atoms with Crippen LogP contribution in [-0.2, 0) is 4.79 Å². The number of hydrogen-bond donors (Lipinski definition) is 2. The van der Waals surface area contributed by atoms with Crippen LogP contribution >= 0.6 is 0 Å². The molecule has 1 aliphatic carbocycles. The van der Waals surface area contributed by atoms with Crippen LogP contribution in [0.1, 0.15) is 48.2 Å². The quantitative estimate of drug-likeness (QED) is 0.859. The van der Waals surface area contributed by atoms with Crippen LogP contribution < -0.4 is 5.32 Å².